The zero-order valence-electron chi connectivity index (χ0n) is 19.2. The fourth-order valence-corrected chi connectivity index (χ4v) is 3.91. The van der Waals surface area contributed by atoms with Gasteiger partial charge in [-0.25, -0.2) is 9.37 Å². The standard InChI is InChI=1S/C25H32FN3O3/c1-5-8-19-11-21-24(27-12-19)32-23(17(2)13-29(25(21)31)18(3)16-30)15-28(4)14-20-9-6-7-10-22(20)26/h5-12,17-18,23,30H,13-16H2,1-4H3/t17-,18+,23-/m0/s1. The molecule has 1 aromatic carbocycles. The molecule has 32 heavy (non-hydrogen) atoms. The lowest BCUT2D eigenvalue weighted by molar-refractivity contribution is 0.0324. The van der Waals surface area contributed by atoms with Crippen LogP contribution in [0.1, 0.15) is 42.3 Å². The van der Waals surface area contributed by atoms with E-state index in [1.165, 1.54) is 6.07 Å². The van der Waals surface area contributed by atoms with E-state index in [2.05, 4.69) is 4.98 Å². The average Bonchev–Trinajstić information content (AvgIpc) is 2.78. The summed E-state index contributed by atoms with van der Waals surface area (Å²) in [5, 5.41) is 9.75. The van der Waals surface area contributed by atoms with E-state index in [1.807, 2.05) is 50.9 Å². The highest BCUT2D eigenvalue weighted by molar-refractivity contribution is 5.97. The van der Waals surface area contributed by atoms with Crippen LogP contribution in [0.3, 0.4) is 0 Å². The lowest BCUT2D eigenvalue weighted by Crippen LogP contribution is -2.49. The summed E-state index contributed by atoms with van der Waals surface area (Å²) in [4.78, 5) is 21.5. The Hall–Kier alpha value is -2.77. The molecule has 3 rings (SSSR count). The molecule has 1 aliphatic rings. The van der Waals surface area contributed by atoms with Crippen LogP contribution in [0.15, 0.2) is 42.6 Å². The first-order valence-electron chi connectivity index (χ1n) is 11.0. The number of likely N-dealkylation sites (N-methyl/N-ethyl adjacent to an activating group) is 1. The van der Waals surface area contributed by atoms with Crippen molar-refractivity contribution in [3.63, 3.8) is 0 Å². The summed E-state index contributed by atoms with van der Waals surface area (Å²) in [6, 6.07) is 8.18. The van der Waals surface area contributed by atoms with Gasteiger partial charge in [-0.2, -0.15) is 0 Å². The Morgan fingerprint density at radius 3 is 2.84 bits per heavy atom. The fourth-order valence-electron chi connectivity index (χ4n) is 3.91. The highest BCUT2D eigenvalue weighted by Crippen LogP contribution is 2.28. The predicted molar refractivity (Wildman–Crippen MR) is 123 cm³/mol. The monoisotopic (exact) mass is 441 g/mol. The van der Waals surface area contributed by atoms with Gasteiger partial charge in [-0.3, -0.25) is 9.69 Å². The second kappa shape index (κ2) is 10.7. The molecule has 0 saturated heterocycles. The number of pyridine rings is 1. The van der Waals surface area contributed by atoms with Gasteiger partial charge >= 0.3 is 0 Å². The number of fused-ring (bicyclic) bond motifs is 1. The van der Waals surface area contributed by atoms with Gasteiger partial charge in [0.25, 0.3) is 5.91 Å². The first-order valence-corrected chi connectivity index (χ1v) is 11.0. The Kier molecular flexibility index (Phi) is 7.99. The third-order valence-electron chi connectivity index (χ3n) is 5.79. The molecule has 0 fully saturated rings. The molecule has 1 N–H and O–H groups in total. The number of aliphatic hydroxyl groups excluding tert-OH is 1. The van der Waals surface area contributed by atoms with Gasteiger partial charge in [0.2, 0.25) is 5.88 Å². The predicted octanol–water partition coefficient (Wildman–Crippen LogP) is 3.61. The average molecular weight is 442 g/mol. The Labute approximate surface area is 189 Å². The maximum atomic E-state index is 14.1. The highest BCUT2D eigenvalue weighted by Gasteiger charge is 2.34. The number of carbonyl (C=O) groups excluding carboxylic acids is 1. The number of carbonyl (C=O) groups is 1. The van der Waals surface area contributed by atoms with Gasteiger partial charge in [0, 0.05) is 37.3 Å². The van der Waals surface area contributed by atoms with Crippen molar-refractivity contribution in [2.24, 2.45) is 5.92 Å². The second-order valence-electron chi connectivity index (χ2n) is 8.53. The van der Waals surface area contributed by atoms with Gasteiger partial charge in [0.1, 0.15) is 17.5 Å². The Bertz CT molecular complexity index is 965. The van der Waals surface area contributed by atoms with Gasteiger partial charge in [0.15, 0.2) is 0 Å². The summed E-state index contributed by atoms with van der Waals surface area (Å²) in [7, 11) is 1.92. The first-order chi connectivity index (χ1) is 15.3. The molecule has 172 valence electrons. The quantitative estimate of drug-likeness (QED) is 0.711. The molecule has 0 radical (unpaired) electrons. The summed E-state index contributed by atoms with van der Waals surface area (Å²) in [5.74, 6) is -0.177. The van der Waals surface area contributed by atoms with Gasteiger partial charge in [0.05, 0.1) is 12.6 Å². The van der Waals surface area contributed by atoms with Gasteiger partial charge in [-0.15, -0.1) is 0 Å². The van der Waals surface area contributed by atoms with E-state index >= 15 is 0 Å². The highest BCUT2D eigenvalue weighted by atomic mass is 19.1. The van der Waals surface area contributed by atoms with Crippen molar-refractivity contribution >= 4 is 12.0 Å². The van der Waals surface area contributed by atoms with Crippen molar-refractivity contribution in [3.8, 4) is 5.88 Å². The van der Waals surface area contributed by atoms with Crippen LogP contribution in [0.5, 0.6) is 5.88 Å². The van der Waals surface area contributed by atoms with E-state index in [0.717, 1.165) is 5.56 Å². The SMILES string of the molecule is CC=Cc1cnc2c(c1)C(=O)N([C@H](C)CO)C[C@H](C)[C@H](CN(C)Cc1ccccc1F)O2. The number of allylic oxidation sites excluding steroid dienone is 1. The van der Waals surface area contributed by atoms with Crippen LogP contribution in [0, 0.1) is 11.7 Å². The van der Waals surface area contributed by atoms with Crippen LogP contribution in [-0.4, -0.2) is 64.7 Å². The zero-order valence-corrected chi connectivity index (χ0v) is 19.2. The summed E-state index contributed by atoms with van der Waals surface area (Å²) in [5.41, 5.74) is 1.81. The third kappa shape index (κ3) is 5.53. The summed E-state index contributed by atoms with van der Waals surface area (Å²) < 4.78 is 20.4. The summed E-state index contributed by atoms with van der Waals surface area (Å²) in [6.07, 6.45) is 5.17. The second-order valence-corrected chi connectivity index (χ2v) is 8.53. The number of nitrogens with zero attached hydrogens (tertiary/aromatic N) is 3. The normalized spacial score (nSPS) is 20.1. The minimum atomic E-state index is -0.335. The van der Waals surface area contributed by atoms with Gasteiger partial charge in [-0.1, -0.05) is 37.3 Å². The topological polar surface area (TPSA) is 65.9 Å². The molecule has 0 aliphatic carbocycles. The van der Waals surface area contributed by atoms with Crippen LogP contribution in [0.4, 0.5) is 4.39 Å². The molecular weight excluding hydrogens is 409 g/mol. The molecule has 6 nitrogen and oxygen atoms in total. The summed E-state index contributed by atoms with van der Waals surface area (Å²) >= 11 is 0. The zero-order chi connectivity index (χ0) is 23.3. The largest absolute Gasteiger partial charge is 0.472 e. The van der Waals surface area contributed by atoms with Gasteiger partial charge < -0.3 is 14.7 Å². The maximum Gasteiger partial charge on any atom is 0.259 e. The number of ether oxygens (including phenoxy) is 1. The molecule has 1 aliphatic heterocycles. The number of halogens is 1. The first kappa shape index (κ1) is 23.9. The number of hydrogen-bond acceptors (Lipinski definition) is 5. The third-order valence-corrected chi connectivity index (χ3v) is 5.79. The van der Waals surface area contributed by atoms with Crippen molar-refractivity contribution < 1.29 is 19.0 Å². The van der Waals surface area contributed by atoms with Crippen LogP contribution < -0.4 is 4.74 Å². The molecule has 0 spiro atoms. The lowest BCUT2D eigenvalue weighted by atomic mass is 9.99. The van der Waals surface area contributed by atoms with E-state index in [-0.39, 0.29) is 42.3 Å². The number of hydrogen-bond donors (Lipinski definition) is 1. The van der Waals surface area contributed by atoms with Crippen LogP contribution in [0.25, 0.3) is 6.08 Å². The molecule has 1 amide bonds. The number of aromatic nitrogens is 1. The minimum Gasteiger partial charge on any atom is -0.472 e. The van der Waals surface area contributed by atoms with E-state index in [4.69, 9.17) is 4.74 Å². The molecule has 2 heterocycles. The summed E-state index contributed by atoms with van der Waals surface area (Å²) in [6.45, 7) is 7.03. The Morgan fingerprint density at radius 2 is 2.16 bits per heavy atom. The van der Waals surface area contributed by atoms with E-state index in [0.29, 0.717) is 30.8 Å². The van der Waals surface area contributed by atoms with Crippen LogP contribution >= 0.6 is 0 Å². The van der Waals surface area contributed by atoms with Crippen molar-refractivity contribution in [1.82, 2.24) is 14.8 Å². The lowest BCUT2D eigenvalue weighted by Gasteiger charge is -2.37. The Morgan fingerprint density at radius 1 is 1.41 bits per heavy atom. The number of rotatable bonds is 7. The van der Waals surface area contributed by atoms with Crippen LogP contribution in [0.2, 0.25) is 0 Å². The van der Waals surface area contributed by atoms with Gasteiger partial charge in [-0.05, 0) is 38.6 Å². The maximum absolute atomic E-state index is 14.1. The smallest absolute Gasteiger partial charge is 0.259 e. The van der Waals surface area contributed by atoms with Crippen molar-refractivity contribution in [3.05, 3.63) is 65.1 Å². The molecule has 0 saturated carbocycles. The molecule has 0 unspecified atom stereocenters. The minimum absolute atomic E-state index is 0.0267. The molecule has 1 aromatic heterocycles. The van der Waals surface area contributed by atoms with Crippen molar-refractivity contribution in [2.45, 2.75) is 39.5 Å². The molecular formula is C25H32FN3O3. The number of aliphatic hydroxyl groups is 1. The van der Waals surface area contributed by atoms with E-state index in [9.17, 15) is 14.3 Å². The molecule has 7 heteroatoms. The number of amides is 1. The van der Waals surface area contributed by atoms with E-state index in [1.54, 1.807) is 29.3 Å². The molecule has 2 aromatic rings. The van der Waals surface area contributed by atoms with Crippen molar-refractivity contribution in [1.29, 1.82) is 0 Å². The molecule has 0 bridgehead atoms. The number of benzene rings is 1. The van der Waals surface area contributed by atoms with Crippen molar-refractivity contribution in [2.75, 3.05) is 26.7 Å². The fraction of sp³-hybridized carbons (Fsp3) is 0.440. The van der Waals surface area contributed by atoms with Crippen LogP contribution in [-0.2, 0) is 6.54 Å². The van der Waals surface area contributed by atoms with E-state index < -0.39 is 0 Å². The molecule has 3 atom stereocenters. The Balaban J connectivity index is 1.90.